The molecule has 3 atom stereocenters. The second kappa shape index (κ2) is 11.4. The predicted molar refractivity (Wildman–Crippen MR) is 131 cm³/mol. The van der Waals surface area contributed by atoms with E-state index in [4.69, 9.17) is 17.0 Å². The topological polar surface area (TPSA) is 91.0 Å². The third-order valence-corrected chi connectivity index (χ3v) is 7.81. The van der Waals surface area contributed by atoms with Crippen LogP contribution in [0.5, 0.6) is 0 Å². The van der Waals surface area contributed by atoms with Crippen LogP contribution in [0.3, 0.4) is 0 Å². The Bertz CT molecular complexity index is 969. The molecule has 2 saturated heterocycles. The first-order valence-electron chi connectivity index (χ1n) is 12.3. The Morgan fingerprint density at radius 2 is 1.94 bits per heavy atom. The number of fused-ring (bicyclic) bond motifs is 1. The highest BCUT2D eigenvalue weighted by atomic mass is 32.1. The van der Waals surface area contributed by atoms with Crippen LogP contribution < -0.4 is 10.6 Å². The van der Waals surface area contributed by atoms with Crippen LogP contribution in [0.25, 0.3) is 0 Å². The van der Waals surface area contributed by atoms with Crippen molar-refractivity contribution < 1.29 is 23.5 Å². The smallest absolute Gasteiger partial charge is 0.308 e. The lowest BCUT2D eigenvalue weighted by molar-refractivity contribution is -0.149. The van der Waals surface area contributed by atoms with Crippen molar-refractivity contribution in [1.82, 2.24) is 20.4 Å². The third-order valence-electron chi connectivity index (χ3n) is 7.47. The Kier molecular flexibility index (Phi) is 8.33. The van der Waals surface area contributed by atoms with Gasteiger partial charge in [-0.3, -0.25) is 24.2 Å². The molecule has 190 valence electrons. The Morgan fingerprint density at radius 3 is 2.66 bits per heavy atom. The summed E-state index contributed by atoms with van der Waals surface area (Å²) in [5, 5.41) is 6.35. The van der Waals surface area contributed by atoms with Crippen molar-refractivity contribution in [2.45, 2.75) is 44.7 Å². The Hall–Kier alpha value is -2.59. The molecule has 2 aliphatic heterocycles. The number of likely N-dealkylation sites (tertiary alicyclic amines) is 1. The highest BCUT2D eigenvalue weighted by molar-refractivity contribution is 7.80. The summed E-state index contributed by atoms with van der Waals surface area (Å²) >= 11 is 5.37. The van der Waals surface area contributed by atoms with E-state index in [2.05, 4.69) is 15.5 Å². The number of benzene rings is 1. The number of methoxy groups -OCH3 is 1. The fraction of sp³-hybridized carbons (Fsp3) is 0.600. The van der Waals surface area contributed by atoms with Gasteiger partial charge in [0.2, 0.25) is 11.8 Å². The first-order valence-corrected chi connectivity index (χ1v) is 12.7. The Balaban J connectivity index is 1.20. The molecule has 2 N–H and O–H groups in total. The number of halogens is 1. The van der Waals surface area contributed by atoms with E-state index in [0.29, 0.717) is 43.8 Å². The number of piperidine rings is 1. The first-order chi connectivity index (χ1) is 16.9. The quantitative estimate of drug-likeness (QED) is 0.433. The normalized spacial score (nSPS) is 25.5. The lowest BCUT2D eigenvalue weighted by Gasteiger charge is -2.43. The molecule has 3 unspecified atom stereocenters. The van der Waals surface area contributed by atoms with Gasteiger partial charge in [-0.1, -0.05) is 18.2 Å². The Morgan fingerprint density at radius 1 is 1.20 bits per heavy atom. The fourth-order valence-electron chi connectivity index (χ4n) is 5.37. The van der Waals surface area contributed by atoms with Gasteiger partial charge in [-0.2, -0.15) is 0 Å². The van der Waals surface area contributed by atoms with Crippen molar-refractivity contribution in [2.24, 2.45) is 17.8 Å². The minimum Gasteiger partial charge on any atom is -0.469 e. The number of esters is 1. The first kappa shape index (κ1) is 25.5. The average molecular weight is 505 g/mol. The molecule has 1 aliphatic carbocycles. The zero-order valence-electron chi connectivity index (χ0n) is 20.0. The zero-order chi connectivity index (χ0) is 24.9. The number of ether oxygens (including phenoxy) is 1. The lowest BCUT2D eigenvalue weighted by atomic mass is 9.76. The van der Waals surface area contributed by atoms with Crippen LogP contribution in [0.1, 0.15) is 37.7 Å². The maximum atomic E-state index is 13.9. The molecule has 10 heteroatoms. The maximum absolute atomic E-state index is 13.9. The number of rotatable bonds is 7. The van der Waals surface area contributed by atoms with Gasteiger partial charge < -0.3 is 15.4 Å². The van der Waals surface area contributed by atoms with Crippen LogP contribution in [-0.4, -0.2) is 72.0 Å². The minimum atomic E-state index is -0.297. The van der Waals surface area contributed by atoms with Crippen LogP contribution >= 0.6 is 12.2 Å². The van der Waals surface area contributed by atoms with Gasteiger partial charge in [0.05, 0.1) is 18.9 Å². The molecular weight excluding hydrogens is 471 g/mol. The highest BCUT2D eigenvalue weighted by Crippen LogP contribution is 2.33. The van der Waals surface area contributed by atoms with E-state index in [-0.39, 0.29) is 53.1 Å². The molecule has 4 rings (SSSR count). The fourth-order valence-corrected chi connectivity index (χ4v) is 5.67. The summed E-state index contributed by atoms with van der Waals surface area (Å²) in [6, 6.07) is 6.64. The van der Waals surface area contributed by atoms with Crippen molar-refractivity contribution in [1.29, 1.82) is 0 Å². The molecule has 0 spiro atoms. The van der Waals surface area contributed by atoms with E-state index in [1.807, 2.05) is 12.1 Å². The molecule has 2 heterocycles. The number of amides is 2. The van der Waals surface area contributed by atoms with Crippen molar-refractivity contribution in [3.05, 3.63) is 35.6 Å². The van der Waals surface area contributed by atoms with E-state index in [9.17, 15) is 18.8 Å². The van der Waals surface area contributed by atoms with Gasteiger partial charge in [0.1, 0.15) is 12.4 Å². The monoisotopic (exact) mass is 504 g/mol. The van der Waals surface area contributed by atoms with Gasteiger partial charge in [0.15, 0.2) is 5.11 Å². The minimum absolute atomic E-state index is 0.111. The second-order valence-electron chi connectivity index (χ2n) is 9.74. The molecule has 1 saturated carbocycles. The number of nitrogens with zero attached hydrogens (tertiary/aromatic N) is 2. The molecule has 35 heavy (non-hydrogen) atoms. The molecule has 3 aliphatic rings. The van der Waals surface area contributed by atoms with Crippen molar-refractivity contribution >= 4 is 35.1 Å². The van der Waals surface area contributed by atoms with Crippen LogP contribution in [0.15, 0.2) is 24.3 Å². The van der Waals surface area contributed by atoms with Crippen molar-refractivity contribution in [3.8, 4) is 0 Å². The molecule has 0 radical (unpaired) electrons. The number of nitrogens with one attached hydrogen (secondary N) is 2. The summed E-state index contributed by atoms with van der Waals surface area (Å²) in [4.78, 5) is 41.1. The number of hydrogen-bond donors (Lipinski definition) is 2. The van der Waals surface area contributed by atoms with Crippen molar-refractivity contribution in [2.75, 3.05) is 33.3 Å². The third kappa shape index (κ3) is 6.16. The molecule has 3 fully saturated rings. The van der Waals surface area contributed by atoms with E-state index in [1.54, 1.807) is 6.07 Å². The molecule has 0 aromatic heterocycles. The second-order valence-corrected chi connectivity index (χ2v) is 10.1. The van der Waals surface area contributed by atoms with Gasteiger partial charge >= 0.3 is 5.97 Å². The molecular formula is C25H33FN4O4S. The number of carbonyl (C=O) groups is 3. The van der Waals surface area contributed by atoms with Crippen LogP contribution in [0, 0.1) is 23.6 Å². The summed E-state index contributed by atoms with van der Waals surface area (Å²) in [6.45, 7) is 2.73. The largest absolute Gasteiger partial charge is 0.469 e. The maximum Gasteiger partial charge on any atom is 0.308 e. The Labute approximate surface area is 210 Å². The van der Waals surface area contributed by atoms with E-state index in [1.165, 1.54) is 18.1 Å². The van der Waals surface area contributed by atoms with Gasteiger partial charge in [-0.05, 0) is 69.4 Å². The lowest BCUT2D eigenvalue weighted by Crippen LogP contribution is -2.63. The highest BCUT2D eigenvalue weighted by Gasteiger charge is 2.44. The summed E-state index contributed by atoms with van der Waals surface area (Å²) in [7, 11) is 1.37. The molecule has 0 bridgehead atoms. The van der Waals surface area contributed by atoms with Crippen molar-refractivity contribution in [3.63, 3.8) is 0 Å². The molecule has 1 aromatic carbocycles. The van der Waals surface area contributed by atoms with Crippen LogP contribution in [-0.2, 0) is 25.7 Å². The van der Waals surface area contributed by atoms with Gasteiger partial charge in [0.25, 0.3) is 0 Å². The summed E-state index contributed by atoms with van der Waals surface area (Å²) < 4.78 is 18.7. The molecule has 2 amide bonds. The molecule has 8 nitrogen and oxygen atoms in total. The average Bonchev–Trinajstić information content (AvgIpc) is 2.86. The number of thiocarbonyl (C=S) groups is 1. The van der Waals surface area contributed by atoms with Crippen LogP contribution in [0.2, 0.25) is 0 Å². The van der Waals surface area contributed by atoms with E-state index in [0.717, 1.165) is 25.9 Å². The van der Waals surface area contributed by atoms with Crippen LogP contribution in [0.4, 0.5) is 4.39 Å². The number of carbonyl (C=O) groups excluding carboxylic acids is 3. The number of hydrogen-bond acceptors (Lipinski definition) is 6. The SMILES string of the molecule is COC(=O)C1CCC2C(=O)N(CC(=O)NCC3CCN(Cc4ccccc4F)CC3)C(=S)NC2C1. The van der Waals surface area contributed by atoms with E-state index >= 15 is 0 Å². The summed E-state index contributed by atoms with van der Waals surface area (Å²) in [5.74, 6) is -1.02. The standard InChI is InChI=1S/C25H33FN4O4S/c1-34-24(33)17-6-7-19-21(12-17)28-25(35)30(23(19)32)15-22(31)27-13-16-8-10-29(11-9-16)14-18-4-2-3-5-20(18)26/h2-5,16-17,19,21H,6-15H2,1H3,(H,27,31)(H,28,35). The zero-order valence-corrected chi connectivity index (χ0v) is 20.8. The van der Waals surface area contributed by atoms with E-state index < -0.39 is 0 Å². The molecule has 1 aromatic rings. The predicted octanol–water partition coefficient (Wildman–Crippen LogP) is 1.83. The summed E-state index contributed by atoms with van der Waals surface area (Å²) in [6.07, 6.45) is 3.48. The van der Waals surface area contributed by atoms with Gasteiger partial charge in [-0.15, -0.1) is 0 Å². The van der Waals surface area contributed by atoms with Gasteiger partial charge in [-0.25, -0.2) is 4.39 Å². The van der Waals surface area contributed by atoms with Gasteiger partial charge in [0, 0.05) is 24.7 Å². The summed E-state index contributed by atoms with van der Waals surface area (Å²) in [5.41, 5.74) is 0.705.